The Kier molecular flexibility index (Phi) is 4.98. The molecule has 7 nitrogen and oxygen atoms in total. The van der Waals surface area contributed by atoms with Gasteiger partial charge in [-0.15, -0.1) is 0 Å². The van der Waals surface area contributed by atoms with E-state index >= 15 is 0 Å². The predicted octanol–water partition coefficient (Wildman–Crippen LogP) is 2.42. The average molecular weight is 381 g/mol. The summed E-state index contributed by atoms with van der Waals surface area (Å²) < 4.78 is 5.77. The third kappa shape index (κ3) is 3.56. The number of furan rings is 1. The topological polar surface area (TPSA) is 92.5 Å². The van der Waals surface area contributed by atoms with E-state index in [-0.39, 0.29) is 23.6 Å². The number of aromatic nitrogens is 1. The first-order valence-corrected chi connectivity index (χ1v) is 9.66. The SMILES string of the molecule is Cc1oc2c(c1C(=O)N(Cc1ccncc1)C[C@@H]1CCC(=O)N1)C(=O)CCC2. The number of Topliss-reactive ketones (excluding diaryl/α,β-unsaturated/α-hetero) is 1. The number of fused-ring (bicyclic) bond motifs is 1. The van der Waals surface area contributed by atoms with Crippen LogP contribution in [0.4, 0.5) is 0 Å². The lowest BCUT2D eigenvalue weighted by molar-refractivity contribution is -0.119. The standard InChI is InChI=1S/C21H23N3O4/c1-13-19(20-16(25)3-2-4-17(20)28-13)21(27)24(11-14-7-9-22-10-8-14)12-15-5-6-18(26)23-15/h7-10,15H,2-6,11-12H2,1H3,(H,23,26)/t15-/m0/s1. The first kappa shape index (κ1) is 18.4. The lowest BCUT2D eigenvalue weighted by atomic mass is 9.92. The van der Waals surface area contributed by atoms with Gasteiger partial charge in [-0.2, -0.15) is 0 Å². The second kappa shape index (κ2) is 7.58. The third-order valence-corrected chi connectivity index (χ3v) is 5.39. The average Bonchev–Trinajstić information content (AvgIpc) is 3.24. The maximum absolute atomic E-state index is 13.5. The number of nitrogens with zero attached hydrogens (tertiary/aromatic N) is 2. The highest BCUT2D eigenvalue weighted by Gasteiger charge is 2.34. The van der Waals surface area contributed by atoms with E-state index < -0.39 is 0 Å². The number of ketones is 1. The van der Waals surface area contributed by atoms with E-state index in [0.717, 1.165) is 12.0 Å². The maximum Gasteiger partial charge on any atom is 0.258 e. The van der Waals surface area contributed by atoms with Crippen LogP contribution in [0.2, 0.25) is 0 Å². The fraction of sp³-hybridized carbons (Fsp3) is 0.429. The zero-order valence-electron chi connectivity index (χ0n) is 15.9. The van der Waals surface area contributed by atoms with Gasteiger partial charge in [0, 0.05) is 50.8 Å². The van der Waals surface area contributed by atoms with Gasteiger partial charge in [-0.3, -0.25) is 19.4 Å². The number of carbonyl (C=O) groups is 3. The Balaban J connectivity index is 1.66. The zero-order valence-corrected chi connectivity index (χ0v) is 15.9. The maximum atomic E-state index is 13.5. The molecule has 0 bridgehead atoms. The van der Waals surface area contributed by atoms with Crippen molar-refractivity contribution in [2.24, 2.45) is 0 Å². The first-order chi connectivity index (χ1) is 13.5. The lowest BCUT2D eigenvalue weighted by Crippen LogP contribution is -2.42. The van der Waals surface area contributed by atoms with Crippen molar-refractivity contribution in [1.29, 1.82) is 0 Å². The second-order valence-electron chi connectivity index (χ2n) is 7.45. The largest absolute Gasteiger partial charge is 0.465 e. The summed E-state index contributed by atoms with van der Waals surface area (Å²) in [6.07, 6.45) is 6.41. The molecule has 4 rings (SSSR count). The van der Waals surface area contributed by atoms with Crippen molar-refractivity contribution in [2.75, 3.05) is 6.54 Å². The van der Waals surface area contributed by atoms with Crippen LogP contribution in [0.5, 0.6) is 0 Å². The summed E-state index contributed by atoms with van der Waals surface area (Å²) in [6, 6.07) is 3.63. The van der Waals surface area contributed by atoms with Crippen LogP contribution in [0, 0.1) is 6.92 Å². The zero-order chi connectivity index (χ0) is 19.7. The molecule has 28 heavy (non-hydrogen) atoms. The molecule has 3 heterocycles. The Labute approximate surface area is 163 Å². The van der Waals surface area contributed by atoms with Gasteiger partial charge in [0.15, 0.2) is 5.78 Å². The Morgan fingerprint density at radius 1 is 1.25 bits per heavy atom. The minimum atomic E-state index is -0.226. The summed E-state index contributed by atoms with van der Waals surface area (Å²) in [5.74, 6) is 0.860. The van der Waals surface area contributed by atoms with Crippen LogP contribution in [-0.4, -0.2) is 40.1 Å². The minimum absolute atomic E-state index is 0.00774. The molecule has 0 saturated carbocycles. The summed E-state index contributed by atoms with van der Waals surface area (Å²) >= 11 is 0. The van der Waals surface area contributed by atoms with E-state index in [1.807, 2.05) is 12.1 Å². The smallest absolute Gasteiger partial charge is 0.258 e. The molecule has 2 aromatic rings. The van der Waals surface area contributed by atoms with Gasteiger partial charge < -0.3 is 14.6 Å². The van der Waals surface area contributed by atoms with E-state index in [9.17, 15) is 14.4 Å². The molecule has 0 aromatic carbocycles. The van der Waals surface area contributed by atoms with E-state index in [0.29, 0.717) is 61.4 Å². The second-order valence-corrected chi connectivity index (χ2v) is 7.45. The number of hydrogen-bond donors (Lipinski definition) is 1. The molecule has 1 atom stereocenters. The molecule has 7 heteroatoms. The van der Waals surface area contributed by atoms with Crippen molar-refractivity contribution < 1.29 is 18.8 Å². The van der Waals surface area contributed by atoms with Crippen molar-refractivity contribution in [2.45, 2.75) is 51.6 Å². The molecular formula is C21H23N3O4. The highest BCUT2D eigenvalue weighted by Crippen LogP contribution is 2.31. The van der Waals surface area contributed by atoms with Gasteiger partial charge in [0.2, 0.25) is 5.91 Å². The molecule has 0 unspecified atom stereocenters. The summed E-state index contributed by atoms with van der Waals surface area (Å²) in [5.41, 5.74) is 1.76. The normalized spacial score (nSPS) is 18.7. The number of amides is 2. The Morgan fingerprint density at radius 2 is 2.04 bits per heavy atom. The van der Waals surface area contributed by atoms with Crippen LogP contribution in [0.15, 0.2) is 28.9 Å². The number of hydrogen-bond acceptors (Lipinski definition) is 5. The Bertz CT molecular complexity index is 919. The molecule has 1 aliphatic heterocycles. The summed E-state index contributed by atoms with van der Waals surface area (Å²) in [7, 11) is 0. The summed E-state index contributed by atoms with van der Waals surface area (Å²) in [4.78, 5) is 43.3. The number of carbonyl (C=O) groups excluding carboxylic acids is 3. The fourth-order valence-electron chi connectivity index (χ4n) is 4.03. The molecule has 146 valence electrons. The molecule has 2 aromatic heterocycles. The van der Waals surface area contributed by atoms with Crippen molar-refractivity contribution in [1.82, 2.24) is 15.2 Å². The van der Waals surface area contributed by atoms with Crippen LogP contribution in [-0.2, 0) is 17.8 Å². The van der Waals surface area contributed by atoms with Gasteiger partial charge in [-0.05, 0) is 37.5 Å². The van der Waals surface area contributed by atoms with Gasteiger partial charge >= 0.3 is 0 Å². The van der Waals surface area contributed by atoms with Crippen molar-refractivity contribution >= 4 is 17.6 Å². The van der Waals surface area contributed by atoms with Crippen molar-refractivity contribution in [3.63, 3.8) is 0 Å². The molecule has 0 radical (unpaired) electrons. The van der Waals surface area contributed by atoms with Gasteiger partial charge in [0.25, 0.3) is 5.91 Å². The molecule has 1 saturated heterocycles. The van der Waals surface area contributed by atoms with Crippen LogP contribution in [0.1, 0.15) is 63.5 Å². The van der Waals surface area contributed by atoms with E-state index in [1.54, 1.807) is 24.2 Å². The molecule has 1 fully saturated rings. The summed E-state index contributed by atoms with van der Waals surface area (Å²) in [5, 5.41) is 2.92. The van der Waals surface area contributed by atoms with Crippen LogP contribution < -0.4 is 5.32 Å². The lowest BCUT2D eigenvalue weighted by Gasteiger charge is -2.26. The molecule has 0 spiro atoms. The van der Waals surface area contributed by atoms with Gasteiger partial charge in [-0.1, -0.05) is 0 Å². The quantitative estimate of drug-likeness (QED) is 0.859. The van der Waals surface area contributed by atoms with Crippen LogP contribution in [0.3, 0.4) is 0 Å². The molecular weight excluding hydrogens is 358 g/mol. The highest BCUT2D eigenvalue weighted by atomic mass is 16.3. The van der Waals surface area contributed by atoms with E-state index in [4.69, 9.17) is 4.42 Å². The highest BCUT2D eigenvalue weighted by molar-refractivity contribution is 6.10. The van der Waals surface area contributed by atoms with Crippen molar-refractivity contribution in [3.05, 3.63) is 52.7 Å². The fourth-order valence-corrected chi connectivity index (χ4v) is 4.03. The van der Waals surface area contributed by atoms with Crippen molar-refractivity contribution in [3.8, 4) is 0 Å². The predicted molar refractivity (Wildman–Crippen MR) is 101 cm³/mol. The van der Waals surface area contributed by atoms with Gasteiger partial charge in [0.1, 0.15) is 11.5 Å². The van der Waals surface area contributed by atoms with Gasteiger partial charge in [-0.25, -0.2) is 0 Å². The number of nitrogens with one attached hydrogen (secondary N) is 1. The molecule has 2 aliphatic rings. The van der Waals surface area contributed by atoms with Gasteiger partial charge in [0.05, 0.1) is 11.1 Å². The van der Waals surface area contributed by atoms with Crippen LogP contribution in [0.25, 0.3) is 0 Å². The Hall–Kier alpha value is -2.96. The van der Waals surface area contributed by atoms with E-state index in [2.05, 4.69) is 10.3 Å². The number of aryl methyl sites for hydroxylation is 2. The molecule has 1 N–H and O–H groups in total. The number of rotatable bonds is 5. The monoisotopic (exact) mass is 381 g/mol. The Morgan fingerprint density at radius 3 is 2.75 bits per heavy atom. The summed E-state index contributed by atoms with van der Waals surface area (Å²) in [6.45, 7) is 2.50. The van der Waals surface area contributed by atoms with Crippen LogP contribution >= 0.6 is 0 Å². The molecule has 2 amide bonds. The van der Waals surface area contributed by atoms with E-state index in [1.165, 1.54) is 0 Å². The third-order valence-electron chi connectivity index (χ3n) is 5.39. The number of pyridine rings is 1. The first-order valence-electron chi connectivity index (χ1n) is 9.66. The molecule has 1 aliphatic carbocycles. The minimum Gasteiger partial charge on any atom is -0.465 e.